The van der Waals surface area contributed by atoms with E-state index >= 15 is 0 Å². The number of carbonyl (C=O) groups is 3. The van der Waals surface area contributed by atoms with Gasteiger partial charge in [-0.3, -0.25) is 14.5 Å². The molecule has 2 atom stereocenters. The molecule has 2 aliphatic rings. The number of thiazole rings is 1. The zero-order valence-corrected chi connectivity index (χ0v) is 20.8. The van der Waals surface area contributed by atoms with Gasteiger partial charge in [-0.15, -0.1) is 33.3 Å². The maximum Gasteiger partial charge on any atom is 0.407 e. The van der Waals surface area contributed by atoms with Crippen molar-refractivity contribution < 1.29 is 33.1 Å². The average molecular weight is 564 g/mol. The molecule has 186 valence electrons. The minimum Gasteiger partial charge on any atom is -0.477 e. The number of halogens is 2. The molecule has 12 nitrogen and oxygen atoms in total. The number of carbonyl (C=O) groups excluding carboxylic acids is 2. The van der Waals surface area contributed by atoms with Crippen molar-refractivity contribution in [2.24, 2.45) is 5.16 Å². The number of rotatable bonds is 9. The van der Waals surface area contributed by atoms with E-state index in [1.165, 1.54) is 40.2 Å². The highest BCUT2D eigenvalue weighted by Crippen LogP contribution is 2.41. The third-order valence-corrected chi connectivity index (χ3v) is 8.69. The number of thioether (sulfide) groups is 2. The number of β-lactam (4-membered cyclic amide) rings is 1. The van der Waals surface area contributed by atoms with Crippen molar-refractivity contribution >= 4 is 74.8 Å². The lowest BCUT2D eigenvalue weighted by Crippen LogP contribution is -2.71. The Morgan fingerprint density at radius 2 is 2.23 bits per heavy atom. The SMILES string of the molecule is Cc1nnc(SCC2=C(C(=O)O)N3C(=O)C(NC(=O)/C(=N/OC(F)F)c4csc(N)n4)[C@H]3SC2)s1. The van der Waals surface area contributed by atoms with Gasteiger partial charge in [-0.05, 0) is 12.5 Å². The fraction of sp³-hybridized carbons (Fsp3) is 0.353. The van der Waals surface area contributed by atoms with Crippen molar-refractivity contribution in [2.75, 3.05) is 17.2 Å². The number of hydrogen-bond donors (Lipinski definition) is 3. The largest absolute Gasteiger partial charge is 0.477 e. The van der Waals surface area contributed by atoms with Crippen molar-refractivity contribution in [3.05, 3.63) is 27.4 Å². The zero-order valence-electron chi connectivity index (χ0n) is 17.5. The number of aryl methyl sites for hydroxylation is 1. The van der Waals surface area contributed by atoms with Crippen LogP contribution in [0.5, 0.6) is 0 Å². The Balaban J connectivity index is 1.49. The van der Waals surface area contributed by atoms with Crippen LogP contribution in [0.15, 0.2) is 26.1 Å². The molecule has 0 aromatic carbocycles. The Labute approximate surface area is 212 Å². The number of aliphatic carboxylic acids is 1. The Morgan fingerprint density at radius 1 is 1.46 bits per heavy atom. The average Bonchev–Trinajstić information content (AvgIpc) is 3.42. The number of hydrogen-bond acceptors (Lipinski definition) is 13. The first kappa shape index (κ1) is 25.3. The number of carboxylic acid groups (broad SMARTS) is 1. The fourth-order valence-corrected chi connectivity index (χ4v) is 7.03. The van der Waals surface area contributed by atoms with Crippen LogP contribution in [-0.2, 0) is 19.2 Å². The number of anilines is 1. The molecule has 2 aromatic heterocycles. The molecule has 1 unspecified atom stereocenters. The van der Waals surface area contributed by atoms with Crippen molar-refractivity contribution in [2.45, 2.75) is 29.3 Å². The molecular weight excluding hydrogens is 548 g/mol. The third-order valence-electron chi connectivity index (χ3n) is 4.62. The van der Waals surface area contributed by atoms with E-state index in [9.17, 15) is 28.3 Å². The molecule has 0 bridgehead atoms. The summed E-state index contributed by atoms with van der Waals surface area (Å²) in [4.78, 5) is 46.4. The summed E-state index contributed by atoms with van der Waals surface area (Å²) < 4.78 is 25.7. The predicted octanol–water partition coefficient (Wildman–Crippen LogP) is 1.36. The van der Waals surface area contributed by atoms with Crippen LogP contribution in [-0.4, -0.2) is 78.2 Å². The minimum atomic E-state index is -3.29. The van der Waals surface area contributed by atoms with Crippen LogP contribution in [0.1, 0.15) is 10.7 Å². The van der Waals surface area contributed by atoms with Gasteiger partial charge in [0.05, 0.1) is 0 Å². The second kappa shape index (κ2) is 10.4. The summed E-state index contributed by atoms with van der Waals surface area (Å²) in [6, 6.07) is -1.10. The van der Waals surface area contributed by atoms with E-state index in [1.54, 1.807) is 6.92 Å². The van der Waals surface area contributed by atoms with Gasteiger partial charge in [0.1, 0.15) is 27.8 Å². The van der Waals surface area contributed by atoms with E-state index in [0.717, 1.165) is 21.2 Å². The van der Waals surface area contributed by atoms with Gasteiger partial charge in [-0.1, -0.05) is 28.3 Å². The lowest BCUT2D eigenvalue weighted by molar-refractivity contribution is -0.150. The topological polar surface area (TPSA) is 173 Å². The van der Waals surface area contributed by atoms with Crippen LogP contribution in [0.25, 0.3) is 0 Å². The number of fused-ring (bicyclic) bond motifs is 1. The Hall–Kier alpha value is -2.83. The van der Waals surface area contributed by atoms with Crippen LogP contribution < -0.4 is 11.1 Å². The summed E-state index contributed by atoms with van der Waals surface area (Å²) in [5, 5.41) is 24.7. The lowest BCUT2D eigenvalue weighted by Gasteiger charge is -2.49. The van der Waals surface area contributed by atoms with E-state index < -0.39 is 41.5 Å². The zero-order chi connectivity index (χ0) is 25.3. The first-order valence-electron chi connectivity index (χ1n) is 9.52. The second-order valence-corrected chi connectivity index (χ2v) is 11.3. The highest BCUT2D eigenvalue weighted by atomic mass is 32.2. The van der Waals surface area contributed by atoms with Crippen LogP contribution >= 0.6 is 46.2 Å². The van der Waals surface area contributed by atoms with Gasteiger partial charge in [-0.25, -0.2) is 9.78 Å². The molecule has 4 N–H and O–H groups in total. The smallest absolute Gasteiger partial charge is 0.407 e. The Bertz CT molecular complexity index is 1230. The Morgan fingerprint density at radius 3 is 2.83 bits per heavy atom. The van der Waals surface area contributed by atoms with E-state index in [1.807, 2.05) is 0 Å². The number of aromatic nitrogens is 3. The summed E-state index contributed by atoms with van der Waals surface area (Å²) in [5.41, 5.74) is 5.21. The summed E-state index contributed by atoms with van der Waals surface area (Å²) in [6.45, 7) is -1.48. The molecule has 0 spiro atoms. The van der Waals surface area contributed by atoms with E-state index in [0.29, 0.717) is 21.4 Å². The number of alkyl halides is 2. The number of oxime groups is 1. The molecule has 4 rings (SSSR count). The van der Waals surface area contributed by atoms with Crippen LogP contribution in [0.4, 0.5) is 13.9 Å². The first-order chi connectivity index (χ1) is 16.7. The monoisotopic (exact) mass is 563 g/mol. The molecule has 0 saturated carbocycles. The molecule has 2 aliphatic heterocycles. The van der Waals surface area contributed by atoms with Crippen molar-refractivity contribution in [3.63, 3.8) is 0 Å². The molecule has 2 aromatic rings. The summed E-state index contributed by atoms with van der Waals surface area (Å²) in [6.07, 6.45) is 0. The lowest BCUT2D eigenvalue weighted by atomic mass is 10.0. The minimum absolute atomic E-state index is 0.0663. The number of nitrogens with zero attached hydrogens (tertiary/aromatic N) is 5. The third kappa shape index (κ3) is 5.39. The molecule has 18 heteroatoms. The molecule has 1 saturated heterocycles. The quantitative estimate of drug-likeness (QED) is 0.174. The number of nitrogens with two attached hydrogens (primary N) is 1. The van der Waals surface area contributed by atoms with E-state index in [4.69, 9.17) is 5.73 Å². The molecule has 0 aliphatic carbocycles. The van der Waals surface area contributed by atoms with Crippen molar-refractivity contribution in [3.8, 4) is 0 Å². The van der Waals surface area contributed by atoms with E-state index in [-0.39, 0.29) is 16.5 Å². The first-order valence-corrected chi connectivity index (χ1v) is 13.3. The number of nitrogens with one attached hydrogen (secondary N) is 1. The molecule has 0 radical (unpaired) electrons. The van der Waals surface area contributed by atoms with Crippen LogP contribution in [0.2, 0.25) is 0 Å². The molecule has 4 heterocycles. The number of carboxylic acids is 1. The number of amides is 2. The molecular formula is C17H15F2N7O5S4. The normalized spacial score (nSPS) is 20.1. The fourth-order valence-electron chi connectivity index (χ4n) is 3.18. The van der Waals surface area contributed by atoms with Crippen LogP contribution in [0.3, 0.4) is 0 Å². The molecule has 2 amide bonds. The van der Waals surface area contributed by atoms with Crippen molar-refractivity contribution in [1.82, 2.24) is 25.4 Å². The van der Waals surface area contributed by atoms with E-state index in [2.05, 4.69) is 30.5 Å². The summed E-state index contributed by atoms with van der Waals surface area (Å²) >= 11 is 4.91. The highest BCUT2D eigenvalue weighted by molar-refractivity contribution is 8.01. The standard InChI is InChI=1S/C17H15F2N7O5S4/c1-5-23-24-17(35-5)34-3-6-2-32-13-9(12(28)26(13)10(6)14(29)30)22-11(27)8(25-31-15(18)19)7-4-33-16(20)21-7/h4,9,13,15H,2-3H2,1H3,(H2,20,21)(H,22,27)(H,29,30)/b25-8+/t9?,13-/m1/s1. The maximum atomic E-state index is 12.8. The second-order valence-electron chi connectivity index (χ2n) is 6.87. The van der Waals surface area contributed by atoms with Gasteiger partial charge in [0.2, 0.25) is 0 Å². The summed E-state index contributed by atoms with van der Waals surface area (Å²) in [5.74, 6) is -2.34. The van der Waals surface area contributed by atoms with Gasteiger partial charge in [0.25, 0.3) is 11.8 Å². The maximum absolute atomic E-state index is 12.8. The summed E-state index contributed by atoms with van der Waals surface area (Å²) in [7, 11) is 0. The van der Waals surface area contributed by atoms with Gasteiger partial charge < -0.3 is 21.0 Å². The van der Waals surface area contributed by atoms with Gasteiger partial charge in [-0.2, -0.15) is 8.78 Å². The highest BCUT2D eigenvalue weighted by Gasteiger charge is 2.54. The van der Waals surface area contributed by atoms with Crippen molar-refractivity contribution in [1.29, 1.82) is 0 Å². The van der Waals surface area contributed by atoms with Gasteiger partial charge >= 0.3 is 12.6 Å². The number of nitrogen functional groups attached to an aromatic ring is 1. The molecule has 35 heavy (non-hydrogen) atoms. The van der Waals surface area contributed by atoms with Gasteiger partial charge in [0.15, 0.2) is 15.2 Å². The molecule has 1 fully saturated rings. The Kier molecular flexibility index (Phi) is 7.53. The van der Waals surface area contributed by atoms with Gasteiger partial charge in [0, 0.05) is 16.9 Å². The van der Waals surface area contributed by atoms with Crippen LogP contribution in [0, 0.1) is 6.92 Å². The predicted molar refractivity (Wildman–Crippen MR) is 125 cm³/mol.